The summed E-state index contributed by atoms with van der Waals surface area (Å²) in [7, 11) is -0.853. The molecule has 0 radical (unpaired) electrons. The Labute approximate surface area is 267 Å². The van der Waals surface area contributed by atoms with Gasteiger partial charge in [-0.2, -0.15) is 0 Å². The number of sulfonamides is 1. The molecule has 1 heterocycles. The van der Waals surface area contributed by atoms with Gasteiger partial charge < -0.3 is 23.9 Å². The zero-order chi connectivity index (χ0) is 32.7. The quantitative estimate of drug-likeness (QED) is 0.128. The Balaban J connectivity index is 1.16. The van der Waals surface area contributed by atoms with Crippen LogP contribution in [-0.4, -0.2) is 67.4 Å². The van der Waals surface area contributed by atoms with Gasteiger partial charge in [0, 0.05) is 24.5 Å². The van der Waals surface area contributed by atoms with Crippen molar-refractivity contribution in [3.05, 3.63) is 94.3 Å². The third-order valence-corrected chi connectivity index (χ3v) is 9.09. The maximum absolute atomic E-state index is 13.6. The molecule has 12 heteroatoms. The topological polar surface area (TPSA) is 133 Å². The van der Waals surface area contributed by atoms with Crippen LogP contribution in [0, 0.1) is 5.82 Å². The number of rotatable bonds is 16. The molecular weight excluding hydrogens is 615 g/mol. The molecule has 1 aromatic heterocycles. The molecule has 0 saturated heterocycles. The molecule has 2 N–H and O–H groups in total. The van der Waals surface area contributed by atoms with E-state index in [0.717, 1.165) is 24.0 Å². The van der Waals surface area contributed by atoms with Crippen LogP contribution in [0.2, 0.25) is 0 Å². The van der Waals surface area contributed by atoms with Crippen LogP contribution in [-0.2, 0) is 36.4 Å². The van der Waals surface area contributed by atoms with Crippen molar-refractivity contribution in [2.75, 3.05) is 47.1 Å². The van der Waals surface area contributed by atoms with Crippen LogP contribution in [0.25, 0.3) is 22.3 Å². The number of halogens is 1. The Morgan fingerprint density at radius 3 is 2.37 bits per heavy atom. The molecule has 0 atom stereocenters. The summed E-state index contributed by atoms with van der Waals surface area (Å²) in [6, 6.07) is 16.4. The van der Waals surface area contributed by atoms with Gasteiger partial charge in [0.25, 0.3) is 5.91 Å². The first kappa shape index (κ1) is 33.3. The second kappa shape index (κ2) is 15.0. The summed E-state index contributed by atoms with van der Waals surface area (Å²) in [5.41, 5.74) is 4.06. The number of carbonyl (C=O) groups is 2. The molecule has 3 aromatic carbocycles. The predicted molar refractivity (Wildman–Crippen MR) is 171 cm³/mol. The van der Waals surface area contributed by atoms with Crippen LogP contribution in [0.5, 0.6) is 0 Å². The molecule has 0 unspecified atom stereocenters. The minimum absolute atomic E-state index is 0.0894. The first-order valence-corrected chi connectivity index (χ1v) is 16.7. The highest BCUT2D eigenvalue weighted by atomic mass is 32.2. The number of amides is 1. The number of furan rings is 1. The molecule has 244 valence electrons. The summed E-state index contributed by atoms with van der Waals surface area (Å²) in [5.74, 6) is -0.914. The largest absolute Gasteiger partial charge is 0.465 e. The van der Waals surface area contributed by atoms with Gasteiger partial charge in [0.2, 0.25) is 10.0 Å². The maximum Gasteiger partial charge on any atom is 0.338 e. The summed E-state index contributed by atoms with van der Waals surface area (Å²) < 4.78 is 64.4. The molecule has 0 aliphatic heterocycles. The Kier molecular flexibility index (Phi) is 10.8. The van der Waals surface area contributed by atoms with E-state index in [2.05, 4.69) is 10.0 Å². The standard InChI is InChI=1S/C34H37FN2O8S/c1-36-33(38)31-29-20-28(23-7-8-23)25(19-30(29)45-32(31)24-9-11-26(35)12-10-24)21-46(40,41)37-14-16-44-18-17-43-15-13-22-5-3-4-6-27(22)34(39)42-2/h3-6,9-12,19-20,23,37H,7-8,13-18,21H2,1-2H3,(H,36,38). The summed E-state index contributed by atoms with van der Waals surface area (Å²) >= 11 is 0. The van der Waals surface area contributed by atoms with Crippen LogP contribution in [0.4, 0.5) is 4.39 Å². The summed E-state index contributed by atoms with van der Waals surface area (Å²) in [6.45, 7) is 1.25. The number of ether oxygens (including phenoxy) is 3. The van der Waals surface area contributed by atoms with Gasteiger partial charge in [-0.25, -0.2) is 22.3 Å². The number of hydrogen-bond donors (Lipinski definition) is 2. The molecule has 1 aliphatic carbocycles. The molecule has 1 fully saturated rings. The van der Waals surface area contributed by atoms with E-state index in [9.17, 15) is 22.4 Å². The Hall–Kier alpha value is -4.10. The highest BCUT2D eigenvalue weighted by molar-refractivity contribution is 7.88. The number of esters is 1. The number of carbonyl (C=O) groups excluding carboxylic acids is 2. The lowest BCUT2D eigenvalue weighted by Gasteiger charge is -2.12. The van der Waals surface area contributed by atoms with E-state index in [4.69, 9.17) is 18.6 Å². The molecule has 46 heavy (non-hydrogen) atoms. The Morgan fingerprint density at radius 2 is 1.67 bits per heavy atom. The summed E-state index contributed by atoms with van der Waals surface area (Å²) in [5, 5.41) is 3.23. The van der Waals surface area contributed by atoms with Crippen molar-refractivity contribution >= 4 is 32.9 Å². The lowest BCUT2D eigenvalue weighted by Crippen LogP contribution is -2.29. The van der Waals surface area contributed by atoms with Crippen LogP contribution in [0.1, 0.15) is 56.2 Å². The number of fused-ring (bicyclic) bond motifs is 1. The monoisotopic (exact) mass is 652 g/mol. The van der Waals surface area contributed by atoms with E-state index in [-0.39, 0.29) is 37.3 Å². The smallest absolute Gasteiger partial charge is 0.338 e. The lowest BCUT2D eigenvalue weighted by atomic mass is 9.98. The Morgan fingerprint density at radius 1 is 0.957 bits per heavy atom. The maximum atomic E-state index is 13.6. The molecule has 10 nitrogen and oxygen atoms in total. The molecule has 0 bridgehead atoms. The van der Waals surface area contributed by atoms with Crippen molar-refractivity contribution in [2.45, 2.75) is 30.9 Å². The second-order valence-corrected chi connectivity index (χ2v) is 12.8. The van der Waals surface area contributed by atoms with Gasteiger partial charge in [-0.05, 0) is 84.3 Å². The molecule has 1 saturated carbocycles. The van der Waals surface area contributed by atoms with Crippen LogP contribution >= 0.6 is 0 Å². The molecular formula is C34H37FN2O8S. The number of benzene rings is 3. The first-order chi connectivity index (χ1) is 22.2. The van der Waals surface area contributed by atoms with E-state index in [1.165, 1.54) is 38.4 Å². The van der Waals surface area contributed by atoms with E-state index in [1.54, 1.807) is 18.2 Å². The fraction of sp³-hybridized carbons (Fsp3) is 0.353. The van der Waals surface area contributed by atoms with Crippen LogP contribution in [0.15, 0.2) is 65.1 Å². The summed E-state index contributed by atoms with van der Waals surface area (Å²) in [4.78, 5) is 24.8. The fourth-order valence-corrected chi connectivity index (χ4v) is 6.49. The molecule has 0 spiro atoms. The minimum Gasteiger partial charge on any atom is -0.465 e. The van der Waals surface area contributed by atoms with Gasteiger partial charge >= 0.3 is 5.97 Å². The van der Waals surface area contributed by atoms with Crippen molar-refractivity contribution in [1.82, 2.24) is 10.0 Å². The minimum atomic E-state index is -3.72. The molecule has 1 aliphatic rings. The highest BCUT2D eigenvalue weighted by Gasteiger charge is 2.31. The van der Waals surface area contributed by atoms with Gasteiger partial charge in [-0.15, -0.1) is 0 Å². The van der Waals surface area contributed by atoms with E-state index in [1.807, 2.05) is 18.2 Å². The SMILES string of the molecule is CNC(=O)c1c(-c2ccc(F)cc2)oc2cc(CS(=O)(=O)NCCOCCOCCc3ccccc3C(=O)OC)c(C3CC3)cc12. The number of methoxy groups -OCH3 is 1. The van der Waals surface area contributed by atoms with Gasteiger partial charge in [-0.1, -0.05) is 18.2 Å². The predicted octanol–water partition coefficient (Wildman–Crippen LogP) is 4.96. The van der Waals surface area contributed by atoms with Crippen molar-refractivity contribution < 1.29 is 41.0 Å². The number of nitrogens with one attached hydrogen (secondary N) is 2. The third kappa shape index (κ3) is 8.18. The molecule has 1 amide bonds. The zero-order valence-electron chi connectivity index (χ0n) is 25.8. The fourth-order valence-electron chi connectivity index (χ4n) is 5.33. The van der Waals surface area contributed by atoms with Gasteiger partial charge in [-0.3, -0.25) is 4.79 Å². The van der Waals surface area contributed by atoms with Crippen molar-refractivity contribution in [2.24, 2.45) is 0 Å². The van der Waals surface area contributed by atoms with Crippen LogP contribution < -0.4 is 10.0 Å². The second-order valence-electron chi connectivity index (χ2n) is 11.0. The van der Waals surface area contributed by atoms with Crippen molar-refractivity contribution in [1.29, 1.82) is 0 Å². The zero-order valence-corrected chi connectivity index (χ0v) is 26.6. The first-order valence-electron chi connectivity index (χ1n) is 15.1. The Bertz CT molecular complexity index is 1800. The van der Waals surface area contributed by atoms with E-state index < -0.39 is 21.8 Å². The van der Waals surface area contributed by atoms with Gasteiger partial charge in [0.1, 0.15) is 17.2 Å². The average molecular weight is 653 g/mol. The van der Waals surface area contributed by atoms with Crippen LogP contribution in [0.3, 0.4) is 0 Å². The normalized spacial score (nSPS) is 13.2. The van der Waals surface area contributed by atoms with Crippen molar-refractivity contribution in [3.8, 4) is 11.3 Å². The lowest BCUT2D eigenvalue weighted by molar-refractivity contribution is 0.0507. The highest BCUT2D eigenvalue weighted by Crippen LogP contribution is 2.45. The van der Waals surface area contributed by atoms with Gasteiger partial charge in [0.05, 0.1) is 50.4 Å². The number of hydrogen-bond acceptors (Lipinski definition) is 8. The average Bonchev–Trinajstić information content (AvgIpc) is 3.83. The van der Waals surface area contributed by atoms with E-state index in [0.29, 0.717) is 58.6 Å². The van der Waals surface area contributed by atoms with Gasteiger partial charge in [0.15, 0.2) is 0 Å². The molecule has 4 aromatic rings. The third-order valence-electron chi connectivity index (χ3n) is 7.75. The van der Waals surface area contributed by atoms with Crippen molar-refractivity contribution in [3.63, 3.8) is 0 Å². The van der Waals surface area contributed by atoms with E-state index >= 15 is 0 Å². The molecule has 5 rings (SSSR count). The summed E-state index contributed by atoms with van der Waals surface area (Å²) in [6.07, 6.45) is 2.40.